The second-order valence-corrected chi connectivity index (χ2v) is 6.34. The van der Waals surface area contributed by atoms with Crippen LogP contribution in [0.2, 0.25) is 0 Å². The third-order valence-corrected chi connectivity index (χ3v) is 4.32. The molecule has 0 radical (unpaired) electrons. The molecule has 4 rings (SSSR count). The number of benzene rings is 4. The smallest absolute Gasteiger partial charge is 0.0629 e. The molecule has 0 amide bonds. The molecule has 3 nitrogen and oxygen atoms in total. The number of nitrogens with one attached hydrogen (secondary N) is 2. The molecule has 0 saturated heterocycles. The molecule has 0 atom stereocenters. The molecule has 0 heterocycles. The first-order valence-electron chi connectivity index (χ1n) is 9.25. The van der Waals surface area contributed by atoms with E-state index in [4.69, 9.17) is 0 Å². The van der Waals surface area contributed by atoms with Crippen molar-refractivity contribution >= 4 is 34.7 Å². The third-order valence-electron chi connectivity index (χ3n) is 4.32. The largest absolute Gasteiger partial charge is 0.354 e. The lowest BCUT2D eigenvalue weighted by Gasteiger charge is -2.15. The summed E-state index contributed by atoms with van der Waals surface area (Å²) in [4.78, 5) is 4.59. The molecule has 0 saturated carbocycles. The Balaban J connectivity index is 1.59. The summed E-state index contributed by atoms with van der Waals surface area (Å²) in [7, 11) is 0. The molecule has 0 fully saturated rings. The molecule has 0 aliphatic carbocycles. The number of aliphatic imine (C=N–C) groups is 1. The van der Waals surface area contributed by atoms with E-state index in [9.17, 15) is 0 Å². The van der Waals surface area contributed by atoms with Gasteiger partial charge >= 0.3 is 0 Å². The molecule has 3 heteroatoms. The Morgan fingerprint density at radius 3 is 1.75 bits per heavy atom. The lowest BCUT2D eigenvalue weighted by molar-refractivity contribution is 1.48. The average Bonchev–Trinajstić information content (AvgIpc) is 2.76. The molecular weight excluding hydrogens is 342 g/mol. The maximum Gasteiger partial charge on any atom is 0.0629 e. The minimum atomic E-state index is 0.934. The van der Waals surface area contributed by atoms with Crippen LogP contribution in [-0.4, -0.2) is 6.21 Å². The van der Waals surface area contributed by atoms with Crippen LogP contribution in [0.25, 0.3) is 0 Å². The van der Waals surface area contributed by atoms with Crippen molar-refractivity contribution in [3.8, 4) is 0 Å². The highest BCUT2D eigenvalue weighted by Crippen LogP contribution is 2.29. The first-order valence-corrected chi connectivity index (χ1v) is 9.25. The predicted octanol–water partition coefficient (Wildman–Crippen LogP) is 6.92. The van der Waals surface area contributed by atoms with Gasteiger partial charge in [0, 0.05) is 23.2 Å². The standard InChI is InChI=1S/C25H21N3/c1-3-12-21(13-4-1)26-19-20-11-7-8-16-23(20)28-25-18-10-9-17-24(25)27-22-14-5-2-6-15-22/h1-19,27-28H. The van der Waals surface area contributed by atoms with E-state index in [-0.39, 0.29) is 0 Å². The number of nitrogens with zero attached hydrogens (tertiary/aromatic N) is 1. The molecule has 0 spiro atoms. The van der Waals surface area contributed by atoms with Crippen LogP contribution in [-0.2, 0) is 0 Å². The van der Waals surface area contributed by atoms with Crippen LogP contribution in [0.15, 0.2) is 114 Å². The summed E-state index contributed by atoms with van der Waals surface area (Å²) in [6.07, 6.45) is 1.89. The summed E-state index contributed by atoms with van der Waals surface area (Å²) in [5, 5.41) is 7.02. The van der Waals surface area contributed by atoms with Gasteiger partial charge < -0.3 is 10.6 Å². The number of anilines is 4. The molecule has 0 aromatic heterocycles. The quantitative estimate of drug-likeness (QED) is 0.365. The van der Waals surface area contributed by atoms with E-state index in [1.54, 1.807) is 0 Å². The van der Waals surface area contributed by atoms with Crippen molar-refractivity contribution in [1.82, 2.24) is 0 Å². The van der Waals surface area contributed by atoms with E-state index in [1.807, 2.05) is 79.0 Å². The van der Waals surface area contributed by atoms with E-state index in [0.717, 1.165) is 34.0 Å². The van der Waals surface area contributed by atoms with Gasteiger partial charge in [-0.2, -0.15) is 0 Å². The normalized spacial score (nSPS) is 10.7. The Labute approximate surface area is 165 Å². The van der Waals surface area contributed by atoms with Gasteiger partial charge in [-0.05, 0) is 42.5 Å². The topological polar surface area (TPSA) is 36.4 Å². The Morgan fingerprint density at radius 2 is 1.04 bits per heavy atom. The van der Waals surface area contributed by atoms with Crippen LogP contribution < -0.4 is 10.6 Å². The lowest BCUT2D eigenvalue weighted by atomic mass is 10.1. The summed E-state index contributed by atoms with van der Waals surface area (Å²) < 4.78 is 0. The monoisotopic (exact) mass is 363 g/mol. The fourth-order valence-electron chi connectivity index (χ4n) is 2.90. The predicted molar refractivity (Wildman–Crippen MR) is 120 cm³/mol. The average molecular weight is 363 g/mol. The van der Waals surface area contributed by atoms with Crippen LogP contribution in [0.4, 0.5) is 28.4 Å². The number of para-hydroxylation sites is 5. The van der Waals surface area contributed by atoms with Gasteiger partial charge in [0.2, 0.25) is 0 Å². The third kappa shape index (κ3) is 4.46. The number of rotatable bonds is 6. The summed E-state index contributed by atoms with van der Waals surface area (Å²) in [6, 6.07) is 36.5. The van der Waals surface area contributed by atoms with Crippen molar-refractivity contribution in [1.29, 1.82) is 0 Å². The van der Waals surface area contributed by atoms with Crippen LogP contribution in [0.1, 0.15) is 5.56 Å². The SMILES string of the molecule is C(=Nc1ccccc1)c1ccccc1Nc1ccccc1Nc1ccccc1. The maximum atomic E-state index is 4.59. The molecular formula is C25H21N3. The Bertz CT molecular complexity index is 1060. The van der Waals surface area contributed by atoms with Crippen LogP contribution >= 0.6 is 0 Å². The van der Waals surface area contributed by atoms with Crippen molar-refractivity contribution in [2.75, 3.05) is 10.6 Å². The second-order valence-electron chi connectivity index (χ2n) is 6.34. The van der Waals surface area contributed by atoms with Crippen molar-refractivity contribution < 1.29 is 0 Å². The van der Waals surface area contributed by atoms with Gasteiger partial charge in [-0.3, -0.25) is 4.99 Å². The number of hydrogen-bond acceptors (Lipinski definition) is 3. The van der Waals surface area contributed by atoms with E-state index in [2.05, 4.69) is 52.0 Å². The van der Waals surface area contributed by atoms with E-state index in [0.29, 0.717) is 0 Å². The van der Waals surface area contributed by atoms with Crippen LogP contribution in [0.5, 0.6) is 0 Å². The zero-order valence-corrected chi connectivity index (χ0v) is 15.4. The van der Waals surface area contributed by atoms with Crippen LogP contribution in [0.3, 0.4) is 0 Å². The fourth-order valence-corrected chi connectivity index (χ4v) is 2.90. The van der Waals surface area contributed by atoms with Gasteiger partial charge in [0.05, 0.1) is 17.1 Å². The van der Waals surface area contributed by atoms with Gasteiger partial charge in [0.25, 0.3) is 0 Å². The maximum absolute atomic E-state index is 4.59. The van der Waals surface area contributed by atoms with Crippen molar-refractivity contribution in [2.24, 2.45) is 4.99 Å². The van der Waals surface area contributed by atoms with Gasteiger partial charge in [0.15, 0.2) is 0 Å². The summed E-state index contributed by atoms with van der Waals surface area (Å²) in [5.41, 5.74) is 6.04. The van der Waals surface area contributed by atoms with Gasteiger partial charge in [0.1, 0.15) is 0 Å². The van der Waals surface area contributed by atoms with Gasteiger partial charge in [-0.15, -0.1) is 0 Å². The number of hydrogen-bond donors (Lipinski definition) is 2. The van der Waals surface area contributed by atoms with Crippen molar-refractivity contribution in [2.45, 2.75) is 0 Å². The highest BCUT2D eigenvalue weighted by molar-refractivity contribution is 5.91. The minimum Gasteiger partial charge on any atom is -0.354 e. The lowest BCUT2D eigenvalue weighted by Crippen LogP contribution is -1.99. The summed E-state index contributed by atoms with van der Waals surface area (Å²) >= 11 is 0. The molecule has 4 aromatic carbocycles. The van der Waals surface area contributed by atoms with Crippen molar-refractivity contribution in [3.05, 3.63) is 115 Å². The Kier molecular flexibility index (Phi) is 5.45. The molecule has 4 aromatic rings. The Hall–Kier alpha value is -3.85. The van der Waals surface area contributed by atoms with Gasteiger partial charge in [-0.1, -0.05) is 66.7 Å². The highest BCUT2D eigenvalue weighted by Gasteiger charge is 2.05. The first-order chi connectivity index (χ1) is 13.9. The minimum absolute atomic E-state index is 0.934. The molecule has 0 bridgehead atoms. The van der Waals surface area contributed by atoms with E-state index < -0.39 is 0 Å². The fraction of sp³-hybridized carbons (Fsp3) is 0. The van der Waals surface area contributed by atoms with Crippen molar-refractivity contribution in [3.63, 3.8) is 0 Å². The highest BCUT2D eigenvalue weighted by atomic mass is 15.0. The van der Waals surface area contributed by atoms with E-state index >= 15 is 0 Å². The molecule has 2 N–H and O–H groups in total. The zero-order valence-electron chi connectivity index (χ0n) is 15.4. The summed E-state index contributed by atoms with van der Waals surface area (Å²) in [5.74, 6) is 0. The summed E-state index contributed by atoms with van der Waals surface area (Å²) in [6.45, 7) is 0. The van der Waals surface area contributed by atoms with Gasteiger partial charge in [-0.25, -0.2) is 0 Å². The van der Waals surface area contributed by atoms with E-state index in [1.165, 1.54) is 0 Å². The molecule has 0 unspecified atom stereocenters. The first kappa shape index (κ1) is 17.6. The Morgan fingerprint density at radius 1 is 0.500 bits per heavy atom. The second kappa shape index (κ2) is 8.69. The van der Waals surface area contributed by atoms with Crippen LogP contribution in [0, 0.1) is 0 Å². The molecule has 0 aliphatic rings. The molecule has 0 aliphatic heterocycles. The molecule has 136 valence electrons. The zero-order chi connectivity index (χ0) is 19.0. The molecule has 28 heavy (non-hydrogen) atoms.